The fourth-order valence-electron chi connectivity index (χ4n) is 4.79. The zero-order valence-corrected chi connectivity index (χ0v) is 22.3. The maximum atomic E-state index is 13.4. The predicted molar refractivity (Wildman–Crippen MR) is 137 cm³/mol. The fraction of sp³-hybridized carbons (Fsp3) is 0.643. The number of nitrogens with zero attached hydrogens (tertiary/aromatic N) is 1. The summed E-state index contributed by atoms with van der Waals surface area (Å²) in [5.74, 6) is 1.47. The van der Waals surface area contributed by atoms with Crippen LogP contribution in [0.15, 0.2) is 35.2 Å². The molecule has 1 saturated heterocycles. The first-order valence-corrected chi connectivity index (χ1v) is 13.4. The number of hydrogen-bond acceptors (Lipinski definition) is 4. The summed E-state index contributed by atoms with van der Waals surface area (Å²) in [6, 6.07) is 1.85. The molecule has 3 aliphatic rings. The topological polar surface area (TPSA) is 39.3 Å². The molecule has 1 aliphatic heterocycles. The Balaban J connectivity index is 1.30. The molecule has 212 valence electrons. The molecule has 1 aromatic carbocycles. The number of alkyl halides is 6. The first-order valence-electron chi connectivity index (χ1n) is 13.4. The first kappa shape index (κ1) is 28.6. The lowest BCUT2D eigenvalue weighted by Crippen LogP contribution is -2.44. The van der Waals surface area contributed by atoms with Gasteiger partial charge in [0.25, 0.3) is 0 Å². The lowest BCUT2D eigenvalue weighted by molar-refractivity contribution is -0.143. The van der Waals surface area contributed by atoms with E-state index in [1.165, 1.54) is 5.57 Å². The van der Waals surface area contributed by atoms with Gasteiger partial charge in [0.2, 0.25) is 0 Å². The molecule has 0 atom stereocenters. The molecule has 3 N–H and O–H groups in total. The number of allylic oxidation sites excluding steroid dienone is 2. The minimum atomic E-state index is -4.85. The minimum absolute atomic E-state index is 0.000265. The van der Waals surface area contributed by atoms with Gasteiger partial charge >= 0.3 is 12.4 Å². The SMILES string of the molecule is CC(C)(C)NC(NCCN1CCC(CNC(=C2CC2)c2cc(C(F)(F)F)cc(C(F)(F)F)c2)CC1)=C1CC1. The van der Waals surface area contributed by atoms with Gasteiger partial charge in [-0.25, -0.2) is 0 Å². The zero-order valence-electron chi connectivity index (χ0n) is 22.3. The van der Waals surface area contributed by atoms with Gasteiger partial charge in [0, 0.05) is 30.9 Å². The van der Waals surface area contributed by atoms with E-state index in [9.17, 15) is 26.3 Å². The molecule has 2 aliphatic carbocycles. The number of hydrogen-bond donors (Lipinski definition) is 3. The summed E-state index contributed by atoms with van der Waals surface area (Å²) in [6.45, 7) is 10.6. The third-order valence-electron chi connectivity index (χ3n) is 7.09. The highest BCUT2D eigenvalue weighted by Gasteiger charge is 2.37. The molecule has 0 aromatic heterocycles. The molecule has 0 bridgehead atoms. The van der Waals surface area contributed by atoms with E-state index in [0.717, 1.165) is 75.4 Å². The van der Waals surface area contributed by atoms with Crippen molar-refractivity contribution in [3.05, 3.63) is 51.9 Å². The largest absolute Gasteiger partial charge is 0.416 e. The second kappa shape index (κ2) is 11.0. The molecule has 0 spiro atoms. The Morgan fingerprint density at radius 2 is 1.37 bits per heavy atom. The van der Waals surface area contributed by atoms with Gasteiger partial charge < -0.3 is 20.9 Å². The third-order valence-corrected chi connectivity index (χ3v) is 7.09. The molecule has 0 radical (unpaired) electrons. The first-order chi connectivity index (χ1) is 17.7. The van der Waals surface area contributed by atoms with Gasteiger partial charge in [0.1, 0.15) is 0 Å². The van der Waals surface area contributed by atoms with Crippen molar-refractivity contribution in [1.29, 1.82) is 0 Å². The van der Waals surface area contributed by atoms with Gasteiger partial charge in [-0.3, -0.25) is 0 Å². The van der Waals surface area contributed by atoms with Gasteiger partial charge in [-0.1, -0.05) is 0 Å². The van der Waals surface area contributed by atoms with Crippen LogP contribution in [0.1, 0.15) is 76.0 Å². The summed E-state index contributed by atoms with van der Waals surface area (Å²) >= 11 is 0. The van der Waals surface area contributed by atoms with Crippen LogP contribution in [0.25, 0.3) is 5.70 Å². The maximum Gasteiger partial charge on any atom is 0.416 e. The molecule has 2 saturated carbocycles. The Hall–Kier alpha value is -2.36. The predicted octanol–water partition coefficient (Wildman–Crippen LogP) is 6.51. The Morgan fingerprint density at radius 3 is 1.84 bits per heavy atom. The van der Waals surface area contributed by atoms with Crippen LogP contribution < -0.4 is 16.0 Å². The summed E-state index contributed by atoms with van der Waals surface area (Å²) in [6.07, 6.45) is -4.19. The van der Waals surface area contributed by atoms with E-state index in [4.69, 9.17) is 0 Å². The number of halogens is 6. The minimum Gasteiger partial charge on any atom is -0.384 e. The Bertz CT molecular complexity index is 1010. The Kier molecular flexibility index (Phi) is 8.31. The van der Waals surface area contributed by atoms with Crippen LogP contribution in [0.3, 0.4) is 0 Å². The van der Waals surface area contributed by atoms with Gasteiger partial charge in [-0.2, -0.15) is 26.3 Å². The van der Waals surface area contributed by atoms with Crippen molar-refractivity contribution in [2.45, 2.75) is 77.2 Å². The van der Waals surface area contributed by atoms with E-state index in [0.29, 0.717) is 31.0 Å². The van der Waals surface area contributed by atoms with Crippen LogP contribution in [0.4, 0.5) is 26.3 Å². The molecule has 4 nitrogen and oxygen atoms in total. The van der Waals surface area contributed by atoms with Crippen molar-refractivity contribution < 1.29 is 26.3 Å². The highest BCUT2D eigenvalue weighted by Crippen LogP contribution is 2.41. The molecular formula is C28H38F6N4. The van der Waals surface area contributed by atoms with Gasteiger partial charge in [-0.05, 0) is 113 Å². The molecule has 3 fully saturated rings. The number of likely N-dealkylation sites (tertiary alicyclic amines) is 1. The molecule has 4 rings (SSSR count). The van der Waals surface area contributed by atoms with Crippen molar-refractivity contribution in [1.82, 2.24) is 20.9 Å². The summed E-state index contributed by atoms with van der Waals surface area (Å²) in [5, 5.41) is 10.3. The van der Waals surface area contributed by atoms with Crippen LogP contribution in [0.2, 0.25) is 0 Å². The van der Waals surface area contributed by atoms with Crippen molar-refractivity contribution in [2.75, 3.05) is 32.7 Å². The maximum absolute atomic E-state index is 13.4. The molecule has 0 unspecified atom stereocenters. The lowest BCUT2D eigenvalue weighted by atomic mass is 9.96. The van der Waals surface area contributed by atoms with Crippen molar-refractivity contribution in [2.24, 2.45) is 5.92 Å². The highest BCUT2D eigenvalue weighted by molar-refractivity contribution is 5.71. The van der Waals surface area contributed by atoms with Crippen LogP contribution >= 0.6 is 0 Å². The van der Waals surface area contributed by atoms with E-state index in [1.807, 2.05) is 0 Å². The average Bonchev–Trinajstić information content (AvgIpc) is 3.71. The van der Waals surface area contributed by atoms with Crippen LogP contribution in [-0.2, 0) is 12.4 Å². The normalized spacial score (nSPS) is 18.9. The van der Waals surface area contributed by atoms with Crippen LogP contribution in [-0.4, -0.2) is 43.2 Å². The van der Waals surface area contributed by atoms with E-state index in [2.05, 4.69) is 41.6 Å². The highest BCUT2D eigenvalue weighted by atomic mass is 19.4. The summed E-state index contributed by atoms with van der Waals surface area (Å²) in [4.78, 5) is 2.40. The second-order valence-corrected chi connectivity index (χ2v) is 11.7. The van der Waals surface area contributed by atoms with Gasteiger partial charge in [0.15, 0.2) is 0 Å². The smallest absolute Gasteiger partial charge is 0.384 e. The van der Waals surface area contributed by atoms with E-state index in [1.54, 1.807) is 0 Å². The van der Waals surface area contributed by atoms with E-state index < -0.39 is 23.5 Å². The van der Waals surface area contributed by atoms with Crippen molar-refractivity contribution in [3.63, 3.8) is 0 Å². The fourth-order valence-corrected chi connectivity index (χ4v) is 4.79. The van der Waals surface area contributed by atoms with Crippen molar-refractivity contribution in [3.8, 4) is 0 Å². The monoisotopic (exact) mass is 544 g/mol. The molecule has 0 amide bonds. The van der Waals surface area contributed by atoms with Gasteiger partial charge in [0.05, 0.1) is 16.9 Å². The summed E-state index contributed by atoms with van der Waals surface area (Å²) < 4.78 is 80.1. The quantitative estimate of drug-likeness (QED) is 0.310. The zero-order chi connectivity index (χ0) is 27.7. The number of piperidine rings is 1. The van der Waals surface area contributed by atoms with Crippen molar-refractivity contribution >= 4 is 5.70 Å². The summed E-state index contributed by atoms with van der Waals surface area (Å²) in [7, 11) is 0. The van der Waals surface area contributed by atoms with E-state index >= 15 is 0 Å². The van der Waals surface area contributed by atoms with E-state index in [-0.39, 0.29) is 17.2 Å². The van der Waals surface area contributed by atoms with Gasteiger partial charge in [-0.15, -0.1) is 0 Å². The number of rotatable bonds is 9. The molecule has 10 heteroatoms. The Morgan fingerprint density at radius 1 is 0.816 bits per heavy atom. The van der Waals surface area contributed by atoms with Crippen LogP contribution in [0.5, 0.6) is 0 Å². The second-order valence-electron chi connectivity index (χ2n) is 11.7. The number of benzene rings is 1. The number of nitrogens with one attached hydrogen (secondary N) is 3. The third kappa shape index (κ3) is 8.32. The molecule has 38 heavy (non-hydrogen) atoms. The molecule has 1 heterocycles. The van der Waals surface area contributed by atoms with Crippen LogP contribution in [0, 0.1) is 5.92 Å². The molecular weight excluding hydrogens is 506 g/mol. The average molecular weight is 545 g/mol. The molecule has 1 aromatic rings. The lowest BCUT2D eigenvalue weighted by Gasteiger charge is -2.33. The standard InChI is InChI=1S/C28H38F6N4/c1-26(2,3)37-25(20-6-7-20)35-10-13-38-11-8-18(9-12-38)17-36-24(19-4-5-19)21-14-22(27(29,30)31)16-23(15-21)28(32,33)34/h14-16,18,35-37H,4-13,17H2,1-3H3. The summed E-state index contributed by atoms with van der Waals surface area (Å²) in [5.41, 5.74) is 0.165. The Labute approximate surface area is 220 Å².